The minimum absolute atomic E-state index is 0.0356. The first-order chi connectivity index (χ1) is 12.1. The van der Waals surface area contributed by atoms with Crippen molar-refractivity contribution in [2.45, 2.75) is 13.1 Å². The van der Waals surface area contributed by atoms with Crippen molar-refractivity contribution in [3.05, 3.63) is 70.7 Å². The van der Waals surface area contributed by atoms with Crippen molar-refractivity contribution in [1.82, 2.24) is 15.5 Å². The number of benzene rings is 1. The zero-order valence-corrected chi connectivity index (χ0v) is 14.7. The normalized spacial score (nSPS) is 23.1. The summed E-state index contributed by atoms with van der Waals surface area (Å²) >= 11 is 6.14. The molecule has 130 valence electrons. The topological polar surface area (TPSA) is 53.6 Å². The number of rotatable bonds is 4. The Morgan fingerprint density at radius 2 is 2.28 bits per heavy atom. The Kier molecular flexibility index (Phi) is 4.06. The van der Waals surface area contributed by atoms with Gasteiger partial charge in [0.1, 0.15) is 11.9 Å². The van der Waals surface area contributed by atoms with Crippen LogP contribution in [0.25, 0.3) is 0 Å². The molecule has 0 radical (unpaired) electrons. The van der Waals surface area contributed by atoms with E-state index < -0.39 is 0 Å². The van der Waals surface area contributed by atoms with Gasteiger partial charge in [-0.05, 0) is 29.8 Å². The van der Waals surface area contributed by atoms with Gasteiger partial charge in [0, 0.05) is 23.2 Å². The number of amides is 1. The van der Waals surface area contributed by atoms with Crippen LogP contribution in [0.3, 0.4) is 0 Å². The monoisotopic (exact) mass is 357 g/mol. The number of hydrogen-bond donors (Lipinski definition) is 2. The van der Waals surface area contributed by atoms with E-state index in [1.807, 2.05) is 48.7 Å². The van der Waals surface area contributed by atoms with Crippen LogP contribution in [0.1, 0.15) is 18.7 Å². The number of hydrogen-bond acceptors (Lipinski definition) is 4. The maximum absolute atomic E-state index is 12.7. The molecule has 1 atom stereocenters. The van der Waals surface area contributed by atoms with Crippen LogP contribution in [0.2, 0.25) is 5.02 Å². The van der Waals surface area contributed by atoms with Gasteiger partial charge in [0.25, 0.3) is 5.91 Å². The molecule has 1 saturated heterocycles. The SMILES string of the molecule is CC1(CNC(=O)C2=C3C=CC=CN3C(c3cccc(Cl)c3)N2)COC1. The highest BCUT2D eigenvalue weighted by Gasteiger charge is 2.37. The number of ether oxygens (including phenoxy) is 1. The third kappa shape index (κ3) is 3.05. The molecular weight excluding hydrogens is 338 g/mol. The van der Waals surface area contributed by atoms with Gasteiger partial charge >= 0.3 is 0 Å². The summed E-state index contributed by atoms with van der Waals surface area (Å²) in [5, 5.41) is 7.06. The third-order valence-corrected chi connectivity index (χ3v) is 4.91. The maximum atomic E-state index is 12.7. The maximum Gasteiger partial charge on any atom is 0.269 e. The summed E-state index contributed by atoms with van der Waals surface area (Å²) in [5.74, 6) is -0.0994. The molecule has 0 saturated carbocycles. The van der Waals surface area contributed by atoms with E-state index >= 15 is 0 Å². The Morgan fingerprint density at radius 3 is 3.00 bits per heavy atom. The molecule has 0 spiro atoms. The predicted octanol–water partition coefficient (Wildman–Crippen LogP) is 2.69. The second-order valence-electron chi connectivity index (χ2n) is 6.96. The highest BCUT2D eigenvalue weighted by atomic mass is 35.5. The van der Waals surface area contributed by atoms with Gasteiger partial charge in [-0.15, -0.1) is 0 Å². The minimum atomic E-state index is -0.154. The molecule has 2 N–H and O–H groups in total. The van der Waals surface area contributed by atoms with Crippen LogP contribution >= 0.6 is 11.6 Å². The lowest BCUT2D eigenvalue weighted by atomic mass is 9.89. The lowest BCUT2D eigenvalue weighted by Crippen LogP contribution is -2.49. The minimum Gasteiger partial charge on any atom is -0.380 e. The fourth-order valence-corrected chi connectivity index (χ4v) is 3.41. The molecular formula is C19H20ClN3O2. The van der Waals surface area contributed by atoms with E-state index in [0.717, 1.165) is 11.3 Å². The summed E-state index contributed by atoms with van der Waals surface area (Å²) in [6, 6.07) is 7.67. The van der Waals surface area contributed by atoms with Crippen molar-refractivity contribution >= 4 is 17.5 Å². The van der Waals surface area contributed by atoms with Crippen LogP contribution in [-0.2, 0) is 9.53 Å². The molecule has 0 aliphatic carbocycles. The summed E-state index contributed by atoms with van der Waals surface area (Å²) in [7, 11) is 0. The zero-order valence-electron chi connectivity index (χ0n) is 14.0. The van der Waals surface area contributed by atoms with E-state index in [0.29, 0.717) is 30.5 Å². The van der Waals surface area contributed by atoms with E-state index in [2.05, 4.69) is 22.5 Å². The molecule has 5 nitrogen and oxygen atoms in total. The van der Waals surface area contributed by atoms with Gasteiger partial charge in [0.15, 0.2) is 0 Å². The molecule has 1 fully saturated rings. The molecule has 3 aliphatic heterocycles. The van der Waals surface area contributed by atoms with Gasteiger partial charge in [0.2, 0.25) is 0 Å². The van der Waals surface area contributed by atoms with Gasteiger partial charge in [-0.2, -0.15) is 0 Å². The molecule has 25 heavy (non-hydrogen) atoms. The zero-order chi connectivity index (χ0) is 17.4. The van der Waals surface area contributed by atoms with E-state index in [1.165, 1.54) is 0 Å². The second-order valence-corrected chi connectivity index (χ2v) is 7.39. The quantitative estimate of drug-likeness (QED) is 0.870. The highest BCUT2D eigenvalue weighted by Crippen LogP contribution is 2.34. The van der Waals surface area contributed by atoms with Crippen molar-refractivity contribution < 1.29 is 9.53 Å². The summed E-state index contributed by atoms with van der Waals surface area (Å²) in [4.78, 5) is 14.8. The highest BCUT2D eigenvalue weighted by molar-refractivity contribution is 6.30. The van der Waals surface area contributed by atoms with Gasteiger partial charge in [-0.3, -0.25) is 4.79 Å². The van der Waals surface area contributed by atoms with E-state index in [9.17, 15) is 4.79 Å². The number of fused-ring (bicyclic) bond motifs is 1. The van der Waals surface area contributed by atoms with Crippen LogP contribution < -0.4 is 10.6 Å². The van der Waals surface area contributed by atoms with Crippen molar-refractivity contribution in [1.29, 1.82) is 0 Å². The molecule has 3 aliphatic rings. The van der Waals surface area contributed by atoms with Gasteiger partial charge in [-0.1, -0.05) is 36.7 Å². The lowest BCUT2D eigenvalue weighted by molar-refractivity contribution is -0.123. The van der Waals surface area contributed by atoms with Gasteiger partial charge in [0.05, 0.1) is 18.9 Å². The fraction of sp³-hybridized carbons (Fsp3) is 0.316. The lowest BCUT2D eigenvalue weighted by Gasteiger charge is -2.38. The van der Waals surface area contributed by atoms with Crippen molar-refractivity contribution in [3.8, 4) is 0 Å². The summed E-state index contributed by atoms with van der Waals surface area (Å²) in [5.41, 5.74) is 2.48. The number of carbonyl (C=O) groups excluding carboxylic acids is 1. The number of halogens is 1. The number of carbonyl (C=O) groups is 1. The summed E-state index contributed by atoms with van der Waals surface area (Å²) in [6.07, 6.45) is 7.65. The third-order valence-electron chi connectivity index (χ3n) is 4.67. The standard InChI is InChI=1S/C19H20ClN3O2/c1-19(11-25-12-19)10-21-18(24)16-15-7-2-3-8-23(15)17(22-16)13-5-4-6-14(20)9-13/h2-9,17,22H,10-12H2,1H3,(H,21,24). The Hall–Kier alpha value is -2.24. The van der Waals surface area contributed by atoms with Crippen molar-refractivity contribution in [2.75, 3.05) is 19.8 Å². The van der Waals surface area contributed by atoms with Crippen LogP contribution in [0.5, 0.6) is 0 Å². The largest absolute Gasteiger partial charge is 0.380 e. The molecule has 3 heterocycles. The Morgan fingerprint density at radius 1 is 1.44 bits per heavy atom. The molecule has 1 aromatic rings. The summed E-state index contributed by atoms with van der Waals surface area (Å²) < 4.78 is 5.25. The van der Waals surface area contributed by atoms with Crippen LogP contribution in [0.4, 0.5) is 0 Å². The van der Waals surface area contributed by atoms with Crippen molar-refractivity contribution in [3.63, 3.8) is 0 Å². The van der Waals surface area contributed by atoms with Gasteiger partial charge < -0.3 is 20.3 Å². The Bertz CT molecular complexity index is 796. The molecule has 6 heteroatoms. The molecule has 4 rings (SSSR count). The molecule has 0 aromatic heterocycles. The van der Waals surface area contributed by atoms with E-state index in [4.69, 9.17) is 16.3 Å². The fourth-order valence-electron chi connectivity index (χ4n) is 3.21. The molecule has 1 amide bonds. The first kappa shape index (κ1) is 16.2. The van der Waals surface area contributed by atoms with Crippen LogP contribution in [0, 0.1) is 5.41 Å². The predicted molar refractivity (Wildman–Crippen MR) is 96.4 cm³/mol. The van der Waals surface area contributed by atoms with Crippen LogP contribution in [0.15, 0.2) is 60.1 Å². The summed E-state index contributed by atoms with van der Waals surface area (Å²) in [6.45, 7) is 4.09. The van der Waals surface area contributed by atoms with Crippen molar-refractivity contribution in [2.24, 2.45) is 5.41 Å². The smallest absolute Gasteiger partial charge is 0.269 e. The van der Waals surface area contributed by atoms with Gasteiger partial charge in [-0.25, -0.2) is 0 Å². The average Bonchev–Trinajstić information content (AvgIpc) is 2.98. The molecule has 0 bridgehead atoms. The van der Waals surface area contributed by atoms with E-state index in [-0.39, 0.29) is 17.5 Å². The number of nitrogens with one attached hydrogen (secondary N) is 2. The van der Waals surface area contributed by atoms with E-state index in [1.54, 1.807) is 0 Å². The molecule has 1 aromatic carbocycles. The average molecular weight is 358 g/mol. The number of nitrogens with zero attached hydrogens (tertiary/aromatic N) is 1. The second kappa shape index (κ2) is 6.24. The first-order valence-electron chi connectivity index (χ1n) is 8.31. The molecule has 1 unspecified atom stereocenters. The Balaban J connectivity index is 1.55. The Labute approximate surface area is 152 Å². The first-order valence-corrected chi connectivity index (χ1v) is 8.69. The van der Waals surface area contributed by atoms with Crippen LogP contribution in [-0.4, -0.2) is 30.6 Å². The number of allylic oxidation sites excluding steroid dienone is 3.